The molecule has 0 saturated carbocycles. The number of pyridine rings is 1. The van der Waals surface area contributed by atoms with Gasteiger partial charge < -0.3 is 14.4 Å². The number of morpholine rings is 1. The number of hydrogen-bond acceptors (Lipinski definition) is 6. The summed E-state index contributed by atoms with van der Waals surface area (Å²) in [5.41, 5.74) is 2.42. The minimum Gasteiger partial charge on any atom is -0.375 e. The molecule has 1 saturated heterocycles. The van der Waals surface area contributed by atoms with Crippen LogP contribution in [0.1, 0.15) is 11.8 Å². The monoisotopic (exact) mass is 314 g/mol. The van der Waals surface area contributed by atoms with Crippen LogP contribution in [0.4, 0.5) is 0 Å². The summed E-state index contributed by atoms with van der Waals surface area (Å²) in [4.78, 5) is 26.4. The lowest BCUT2D eigenvalue weighted by molar-refractivity contribution is -0.143. The molecule has 0 unspecified atom stereocenters. The molecule has 0 spiro atoms. The van der Waals surface area contributed by atoms with E-state index in [2.05, 4.69) is 15.0 Å². The zero-order chi connectivity index (χ0) is 16.1. The minimum absolute atomic E-state index is 0.0339. The van der Waals surface area contributed by atoms with Gasteiger partial charge in [-0.15, -0.1) is 0 Å². The molecule has 7 heteroatoms. The molecule has 0 aromatic carbocycles. The van der Waals surface area contributed by atoms with Crippen molar-refractivity contribution in [1.29, 1.82) is 0 Å². The quantitative estimate of drug-likeness (QED) is 0.840. The molecular weight excluding hydrogens is 296 g/mol. The van der Waals surface area contributed by atoms with Crippen molar-refractivity contribution in [3.63, 3.8) is 0 Å². The van der Waals surface area contributed by atoms with Gasteiger partial charge in [-0.25, -0.2) is 15.0 Å². The Balaban J connectivity index is 1.77. The minimum atomic E-state index is -0.242. The predicted molar refractivity (Wildman–Crippen MR) is 82.4 cm³/mol. The van der Waals surface area contributed by atoms with E-state index in [-0.39, 0.29) is 18.6 Å². The second kappa shape index (κ2) is 7.26. The molecule has 0 N–H and O–H groups in total. The van der Waals surface area contributed by atoms with Crippen molar-refractivity contribution in [3.05, 3.63) is 42.6 Å². The van der Waals surface area contributed by atoms with E-state index in [4.69, 9.17) is 9.47 Å². The van der Waals surface area contributed by atoms with Crippen molar-refractivity contribution in [2.45, 2.75) is 6.10 Å². The van der Waals surface area contributed by atoms with Crippen LogP contribution < -0.4 is 0 Å². The molecule has 7 nitrogen and oxygen atoms in total. The van der Waals surface area contributed by atoms with Crippen LogP contribution in [0.5, 0.6) is 0 Å². The van der Waals surface area contributed by atoms with E-state index >= 15 is 0 Å². The molecule has 1 aliphatic heterocycles. The Labute approximate surface area is 134 Å². The zero-order valence-corrected chi connectivity index (χ0v) is 12.9. The third-order valence-electron chi connectivity index (χ3n) is 3.64. The molecule has 1 amide bonds. The molecule has 23 heavy (non-hydrogen) atoms. The van der Waals surface area contributed by atoms with Crippen LogP contribution in [0.3, 0.4) is 0 Å². The molecule has 3 heterocycles. The highest BCUT2D eigenvalue weighted by atomic mass is 16.5. The zero-order valence-electron chi connectivity index (χ0n) is 12.9. The number of nitrogens with zero attached hydrogens (tertiary/aromatic N) is 4. The Kier molecular flexibility index (Phi) is 4.89. The maximum absolute atomic E-state index is 12.0. The topological polar surface area (TPSA) is 77.4 Å². The summed E-state index contributed by atoms with van der Waals surface area (Å²) in [5.74, 6) is -0.0339. The maximum atomic E-state index is 12.0. The van der Waals surface area contributed by atoms with Crippen molar-refractivity contribution >= 4 is 5.91 Å². The number of carbonyl (C=O) groups excluding carboxylic acids is 1. The number of amides is 1. The molecular formula is C16H18N4O3. The Morgan fingerprint density at radius 1 is 1.39 bits per heavy atom. The van der Waals surface area contributed by atoms with E-state index in [1.165, 1.54) is 13.4 Å². The number of rotatable bonds is 4. The highest BCUT2D eigenvalue weighted by Gasteiger charge is 2.26. The highest BCUT2D eigenvalue weighted by molar-refractivity contribution is 5.77. The van der Waals surface area contributed by atoms with E-state index in [1.54, 1.807) is 17.3 Å². The van der Waals surface area contributed by atoms with Gasteiger partial charge in [-0.1, -0.05) is 6.07 Å². The number of hydrogen-bond donors (Lipinski definition) is 0. The van der Waals surface area contributed by atoms with Crippen LogP contribution in [0.2, 0.25) is 0 Å². The highest BCUT2D eigenvalue weighted by Crippen LogP contribution is 2.23. The summed E-state index contributed by atoms with van der Waals surface area (Å²) in [5, 5.41) is 0. The van der Waals surface area contributed by atoms with E-state index in [1.807, 2.05) is 18.2 Å². The summed E-state index contributed by atoms with van der Waals surface area (Å²) in [7, 11) is 1.52. The Bertz CT molecular complexity index is 665. The summed E-state index contributed by atoms with van der Waals surface area (Å²) in [6, 6.07) is 5.73. The van der Waals surface area contributed by atoms with E-state index in [0.717, 1.165) is 17.0 Å². The lowest BCUT2D eigenvalue weighted by atomic mass is 10.1. The molecule has 1 aliphatic rings. The van der Waals surface area contributed by atoms with E-state index in [9.17, 15) is 4.79 Å². The summed E-state index contributed by atoms with van der Waals surface area (Å²) in [6.07, 6.45) is 4.68. The van der Waals surface area contributed by atoms with Gasteiger partial charge in [-0.3, -0.25) is 4.79 Å². The molecule has 1 atom stereocenters. The standard InChI is InChI=1S/C16H18N4O3/c1-22-10-16(21)20-5-6-23-15(9-20)14-4-2-3-13(19-14)12-7-17-11-18-8-12/h2-4,7-8,11,15H,5-6,9-10H2,1H3/t15-/m1/s1. The first kappa shape index (κ1) is 15.5. The van der Waals surface area contributed by atoms with Gasteiger partial charge in [0, 0.05) is 31.6 Å². The predicted octanol–water partition coefficient (Wildman–Crippen LogP) is 1.08. The first-order chi connectivity index (χ1) is 11.3. The van der Waals surface area contributed by atoms with Gasteiger partial charge in [0.15, 0.2) is 0 Å². The third kappa shape index (κ3) is 3.69. The number of carbonyl (C=O) groups is 1. The van der Waals surface area contributed by atoms with E-state index < -0.39 is 0 Å². The SMILES string of the molecule is COCC(=O)N1CCO[C@@H](c2cccc(-c3cncnc3)n2)C1. The fraction of sp³-hybridized carbons (Fsp3) is 0.375. The fourth-order valence-electron chi connectivity index (χ4n) is 2.49. The van der Waals surface area contributed by atoms with Gasteiger partial charge >= 0.3 is 0 Å². The molecule has 3 rings (SSSR count). The van der Waals surface area contributed by atoms with Crippen LogP contribution in [0, 0.1) is 0 Å². The first-order valence-electron chi connectivity index (χ1n) is 7.38. The summed E-state index contributed by atoms with van der Waals surface area (Å²) in [6.45, 7) is 1.62. The van der Waals surface area contributed by atoms with Crippen molar-refractivity contribution in [3.8, 4) is 11.3 Å². The van der Waals surface area contributed by atoms with Crippen molar-refractivity contribution in [2.24, 2.45) is 0 Å². The number of methoxy groups -OCH3 is 1. The molecule has 2 aromatic rings. The average Bonchev–Trinajstić information content (AvgIpc) is 2.63. The van der Waals surface area contributed by atoms with Crippen LogP contribution in [0.25, 0.3) is 11.3 Å². The van der Waals surface area contributed by atoms with Crippen molar-refractivity contribution < 1.29 is 14.3 Å². The van der Waals surface area contributed by atoms with Crippen LogP contribution in [-0.4, -0.2) is 59.2 Å². The molecule has 2 aromatic heterocycles. The van der Waals surface area contributed by atoms with Gasteiger partial charge in [0.05, 0.1) is 24.5 Å². The lowest BCUT2D eigenvalue weighted by Crippen LogP contribution is -2.43. The van der Waals surface area contributed by atoms with Gasteiger partial charge in [0.1, 0.15) is 19.0 Å². The van der Waals surface area contributed by atoms with Gasteiger partial charge in [0.25, 0.3) is 0 Å². The third-order valence-corrected chi connectivity index (χ3v) is 3.64. The Hall–Kier alpha value is -2.38. The van der Waals surface area contributed by atoms with Crippen LogP contribution in [-0.2, 0) is 14.3 Å². The van der Waals surface area contributed by atoms with E-state index in [0.29, 0.717) is 19.7 Å². The van der Waals surface area contributed by atoms with Gasteiger partial charge in [-0.2, -0.15) is 0 Å². The van der Waals surface area contributed by atoms with Crippen molar-refractivity contribution in [2.75, 3.05) is 33.4 Å². The summed E-state index contributed by atoms with van der Waals surface area (Å²) < 4.78 is 10.7. The first-order valence-corrected chi connectivity index (χ1v) is 7.38. The van der Waals surface area contributed by atoms with Crippen LogP contribution in [0.15, 0.2) is 36.9 Å². The largest absolute Gasteiger partial charge is 0.375 e. The van der Waals surface area contributed by atoms with Crippen LogP contribution >= 0.6 is 0 Å². The molecule has 120 valence electrons. The average molecular weight is 314 g/mol. The molecule has 1 fully saturated rings. The Morgan fingerprint density at radius 3 is 3.00 bits per heavy atom. The fourth-order valence-corrected chi connectivity index (χ4v) is 2.49. The van der Waals surface area contributed by atoms with Gasteiger partial charge in [0.2, 0.25) is 5.91 Å². The lowest BCUT2D eigenvalue weighted by Gasteiger charge is -2.32. The van der Waals surface area contributed by atoms with Crippen molar-refractivity contribution in [1.82, 2.24) is 19.9 Å². The number of ether oxygens (including phenoxy) is 2. The second-order valence-electron chi connectivity index (χ2n) is 5.21. The molecule has 0 radical (unpaired) electrons. The van der Waals surface area contributed by atoms with Gasteiger partial charge in [-0.05, 0) is 12.1 Å². The molecule has 0 aliphatic carbocycles. The molecule has 0 bridgehead atoms. The summed E-state index contributed by atoms with van der Waals surface area (Å²) >= 11 is 0. The Morgan fingerprint density at radius 2 is 2.22 bits per heavy atom. The normalized spacial score (nSPS) is 18.0. The maximum Gasteiger partial charge on any atom is 0.248 e. The second-order valence-corrected chi connectivity index (χ2v) is 5.21. The smallest absolute Gasteiger partial charge is 0.248 e. The number of aromatic nitrogens is 3.